The number of urea groups is 1. The molecule has 32 heavy (non-hydrogen) atoms. The first kappa shape index (κ1) is 21.8. The minimum absolute atomic E-state index is 0.333. The number of methoxy groups -OCH3 is 1. The van der Waals surface area contributed by atoms with E-state index < -0.39 is 18.0 Å². The van der Waals surface area contributed by atoms with E-state index in [4.69, 9.17) is 4.74 Å². The van der Waals surface area contributed by atoms with Crippen molar-refractivity contribution in [1.29, 1.82) is 0 Å². The van der Waals surface area contributed by atoms with E-state index in [0.717, 1.165) is 26.2 Å². The summed E-state index contributed by atoms with van der Waals surface area (Å²) in [7, 11) is 1.31. The molecule has 0 unspecified atom stereocenters. The quantitative estimate of drug-likeness (QED) is 0.703. The number of nitrogens with zero attached hydrogens (tertiary/aromatic N) is 2. The Morgan fingerprint density at radius 1 is 1.12 bits per heavy atom. The van der Waals surface area contributed by atoms with Crippen LogP contribution in [0.2, 0.25) is 0 Å². The molecule has 1 fully saturated rings. The Balaban J connectivity index is 1.54. The van der Waals surface area contributed by atoms with Crippen molar-refractivity contribution >= 4 is 17.7 Å². The number of anilines is 1. The van der Waals surface area contributed by atoms with Crippen molar-refractivity contribution in [2.24, 2.45) is 0 Å². The first-order valence-corrected chi connectivity index (χ1v) is 10.6. The topological polar surface area (TPSA) is 73.9 Å². The monoisotopic (exact) mass is 438 g/mol. The average Bonchev–Trinajstić information content (AvgIpc) is 2.79. The van der Waals surface area contributed by atoms with Gasteiger partial charge in [-0.1, -0.05) is 24.3 Å². The van der Waals surface area contributed by atoms with Gasteiger partial charge in [0.2, 0.25) is 0 Å². The van der Waals surface area contributed by atoms with E-state index in [1.807, 2.05) is 0 Å². The number of piperazine rings is 1. The summed E-state index contributed by atoms with van der Waals surface area (Å²) < 4.78 is 18.4. The number of hydrogen-bond donors (Lipinski definition) is 2. The van der Waals surface area contributed by atoms with E-state index >= 15 is 0 Å². The van der Waals surface area contributed by atoms with Gasteiger partial charge in [-0.15, -0.1) is 0 Å². The molecule has 168 valence electrons. The van der Waals surface area contributed by atoms with Crippen LogP contribution in [0.15, 0.2) is 59.8 Å². The standard InChI is InChI=1S/C24H27FN4O3/c1-16-4-3-5-19(14-16)29-12-10-28(11-13-29)15-20-21(23(30)32-2)22(27-24(31)26-20)17-6-8-18(25)9-7-17/h3-9,14,22H,10-13,15H2,1-2H3,(H2,26,27,31)/t22-/m1/s1. The van der Waals surface area contributed by atoms with E-state index in [0.29, 0.717) is 23.4 Å². The Hall–Kier alpha value is -3.39. The Morgan fingerprint density at radius 3 is 2.50 bits per heavy atom. The maximum atomic E-state index is 13.4. The Bertz CT molecular complexity index is 1030. The van der Waals surface area contributed by atoms with Crippen LogP contribution in [0.4, 0.5) is 14.9 Å². The molecule has 1 atom stereocenters. The fraction of sp³-hybridized carbons (Fsp3) is 0.333. The number of benzene rings is 2. The van der Waals surface area contributed by atoms with Crippen LogP contribution < -0.4 is 15.5 Å². The van der Waals surface area contributed by atoms with Gasteiger partial charge in [-0.3, -0.25) is 4.90 Å². The molecule has 7 nitrogen and oxygen atoms in total. The Morgan fingerprint density at radius 2 is 1.84 bits per heavy atom. The third-order valence-corrected chi connectivity index (χ3v) is 5.88. The molecule has 2 N–H and O–H groups in total. The summed E-state index contributed by atoms with van der Waals surface area (Å²) in [6.07, 6.45) is 0. The third kappa shape index (κ3) is 4.75. The largest absolute Gasteiger partial charge is 0.466 e. The number of nitrogens with one attached hydrogen (secondary N) is 2. The van der Waals surface area contributed by atoms with Gasteiger partial charge >= 0.3 is 12.0 Å². The molecular weight excluding hydrogens is 411 g/mol. The summed E-state index contributed by atoms with van der Waals surface area (Å²) >= 11 is 0. The van der Waals surface area contributed by atoms with Crippen LogP contribution in [0, 0.1) is 12.7 Å². The summed E-state index contributed by atoms with van der Waals surface area (Å²) in [5, 5.41) is 5.55. The number of halogens is 1. The van der Waals surface area contributed by atoms with Crippen molar-refractivity contribution in [2.75, 3.05) is 44.7 Å². The summed E-state index contributed by atoms with van der Waals surface area (Å²) in [5.41, 5.74) is 3.88. The van der Waals surface area contributed by atoms with Gasteiger partial charge in [0.05, 0.1) is 18.7 Å². The normalized spacial score (nSPS) is 19.4. The van der Waals surface area contributed by atoms with Gasteiger partial charge in [-0.2, -0.15) is 0 Å². The molecule has 0 radical (unpaired) electrons. The number of aryl methyl sites for hydroxylation is 1. The molecule has 1 saturated heterocycles. The molecule has 0 bridgehead atoms. The zero-order chi connectivity index (χ0) is 22.7. The minimum atomic E-state index is -0.708. The lowest BCUT2D eigenvalue weighted by molar-refractivity contribution is -0.136. The molecule has 2 heterocycles. The zero-order valence-electron chi connectivity index (χ0n) is 18.2. The maximum Gasteiger partial charge on any atom is 0.338 e. The average molecular weight is 439 g/mol. The highest BCUT2D eigenvalue weighted by Crippen LogP contribution is 2.28. The lowest BCUT2D eigenvalue weighted by Gasteiger charge is -2.38. The number of carbonyl (C=O) groups excluding carboxylic acids is 2. The third-order valence-electron chi connectivity index (χ3n) is 5.88. The van der Waals surface area contributed by atoms with Crippen LogP contribution in [-0.4, -0.2) is 56.7 Å². The molecular formula is C24H27FN4O3. The van der Waals surface area contributed by atoms with Crippen molar-refractivity contribution in [3.63, 3.8) is 0 Å². The zero-order valence-corrected chi connectivity index (χ0v) is 18.2. The number of ether oxygens (including phenoxy) is 1. The van der Waals surface area contributed by atoms with E-state index in [9.17, 15) is 14.0 Å². The van der Waals surface area contributed by atoms with Crippen molar-refractivity contribution < 1.29 is 18.7 Å². The SMILES string of the molecule is COC(=O)C1=C(CN2CCN(c3cccc(C)c3)CC2)NC(=O)N[C@@H]1c1ccc(F)cc1. The van der Waals surface area contributed by atoms with Crippen LogP contribution >= 0.6 is 0 Å². The second-order valence-corrected chi connectivity index (χ2v) is 8.07. The van der Waals surface area contributed by atoms with Crippen LogP contribution in [-0.2, 0) is 9.53 Å². The molecule has 4 rings (SSSR count). The molecule has 2 amide bonds. The number of carbonyl (C=O) groups is 2. The second-order valence-electron chi connectivity index (χ2n) is 8.07. The van der Waals surface area contributed by atoms with Gasteiger partial charge in [-0.25, -0.2) is 14.0 Å². The highest BCUT2D eigenvalue weighted by atomic mass is 19.1. The van der Waals surface area contributed by atoms with E-state index in [1.54, 1.807) is 12.1 Å². The molecule has 2 aliphatic heterocycles. The van der Waals surface area contributed by atoms with Gasteiger partial charge in [0.15, 0.2) is 0 Å². The number of esters is 1. The van der Waals surface area contributed by atoms with Gasteiger partial charge in [0.1, 0.15) is 5.82 Å². The fourth-order valence-corrected chi connectivity index (χ4v) is 4.21. The summed E-state index contributed by atoms with van der Waals surface area (Å²) in [5.74, 6) is -0.912. The van der Waals surface area contributed by atoms with Crippen molar-refractivity contribution in [3.05, 3.63) is 76.7 Å². The molecule has 0 spiro atoms. The number of rotatable bonds is 5. The lowest BCUT2D eigenvalue weighted by atomic mass is 9.95. The number of amides is 2. The van der Waals surface area contributed by atoms with E-state index in [1.165, 1.54) is 30.5 Å². The first-order valence-electron chi connectivity index (χ1n) is 10.6. The van der Waals surface area contributed by atoms with Crippen LogP contribution in [0.5, 0.6) is 0 Å². The van der Waals surface area contributed by atoms with E-state index in [-0.39, 0.29) is 5.82 Å². The molecule has 0 aliphatic carbocycles. The molecule has 2 aromatic rings. The smallest absolute Gasteiger partial charge is 0.338 e. The first-order chi connectivity index (χ1) is 15.4. The predicted octanol–water partition coefficient (Wildman–Crippen LogP) is 2.74. The van der Waals surface area contributed by atoms with Gasteiger partial charge in [0, 0.05) is 44.1 Å². The van der Waals surface area contributed by atoms with Gasteiger partial charge < -0.3 is 20.3 Å². The van der Waals surface area contributed by atoms with Crippen molar-refractivity contribution in [2.45, 2.75) is 13.0 Å². The summed E-state index contributed by atoms with van der Waals surface area (Å²) in [6.45, 7) is 5.76. The van der Waals surface area contributed by atoms with Crippen LogP contribution in [0.1, 0.15) is 17.2 Å². The molecule has 2 aliphatic rings. The minimum Gasteiger partial charge on any atom is -0.466 e. The van der Waals surface area contributed by atoms with Crippen LogP contribution in [0.25, 0.3) is 0 Å². The highest BCUT2D eigenvalue weighted by molar-refractivity contribution is 5.95. The molecule has 2 aromatic carbocycles. The van der Waals surface area contributed by atoms with Crippen molar-refractivity contribution in [1.82, 2.24) is 15.5 Å². The highest BCUT2D eigenvalue weighted by Gasteiger charge is 2.34. The van der Waals surface area contributed by atoms with Crippen LogP contribution in [0.3, 0.4) is 0 Å². The maximum absolute atomic E-state index is 13.4. The van der Waals surface area contributed by atoms with E-state index in [2.05, 4.69) is 51.6 Å². The number of hydrogen-bond acceptors (Lipinski definition) is 5. The van der Waals surface area contributed by atoms with Crippen molar-refractivity contribution in [3.8, 4) is 0 Å². The summed E-state index contributed by atoms with van der Waals surface area (Å²) in [4.78, 5) is 29.6. The Labute approximate surface area is 186 Å². The summed E-state index contributed by atoms with van der Waals surface area (Å²) in [6, 6.07) is 13.1. The molecule has 8 heteroatoms. The second kappa shape index (κ2) is 9.40. The van der Waals surface area contributed by atoms with Gasteiger partial charge in [-0.05, 0) is 42.3 Å². The predicted molar refractivity (Wildman–Crippen MR) is 120 cm³/mol. The lowest BCUT2D eigenvalue weighted by Crippen LogP contribution is -2.51. The molecule has 0 aromatic heterocycles. The molecule has 0 saturated carbocycles. The van der Waals surface area contributed by atoms with Gasteiger partial charge in [0.25, 0.3) is 0 Å². The Kier molecular flexibility index (Phi) is 6.41. The fourth-order valence-electron chi connectivity index (χ4n) is 4.21.